The van der Waals surface area contributed by atoms with Crippen LogP contribution in [-0.2, 0) is 0 Å². The van der Waals surface area contributed by atoms with E-state index in [-0.39, 0.29) is 0 Å². The number of aromatic nitrogens is 2. The predicted molar refractivity (Wildman–Crippen MR) is 108 cm³/mol. The predicted octanol–water partition coefficient (Wildman–Crippen LogP) is 6.15. The lowest BCUT2D eigenvalue weighted by Crippen LogP contribution is -2.08. The van der Waals surface area contributed by atoms with Gasteiger partial charge in [-0.2, -0.15) is 4.98 Å². The number of nitrogens with one attached hydrogen (secondary N) is 1. The molecule has 3 rings (SSSR count). The van der Waals surface area contributed by atoms with Gasteiger partial charge in [-0.1, -0.05) is 57.2 Å². The van der Waals surface area contributed by atoms with Gasteiger partial charge in [0.2, 0.25) is 11.8 Å². The van der Waals surface area contributed by atoms with Crippen LogP contribution in [-0.4, -0.2) is 9.97 Å². The Kier molecular flexibility index (Phi) is 6.12. The van der Waals surface area contributed by atoms with E-state index in [1.54, 1.807) is 0 Å². The molecule has 3 aromatic rings. The van der Waals surface area contributed by atoms with Crippen molar-refractivity contribution in [2.24, 2.45) is 5.92 Å². The Hall–Kier alpha value is -2.53. The SMILES string of the molecule is CC(C)C(C)c1cc(Oc2ccccc2)nc(NSc2ccccc2)n1. The first-order valence-corrected chi connectivity index (χ1v) is 9.53. The standard InChI is InChI=1S/C21H23N3OS/c1-15(2)16(3)19-14-20(25-17-10-6-4-7-11-17)23-21(22-19)24-26-18-12-8-5-9-13-18/h4-16H,1-3H3,(H,22,23,24). The molecule has 0 spiro atoms. The van der Waals surface area contributed by atoms with Gasteiger partial charge in [0, 0.05) is 16.9 Å². The molecule has 0 fully saturated rings. The molecule has 0 saturated carbocycles. The first kappa shape index (κ1) is 18.3. The van der Waals surface area contributed by atoms with Crippen molar-refractivity contribution in [1.82, 2.24) is 9.97 Å². The molecule has 134 valence electrons. The first-order chi connectivity index (χ1) is 12.6. The number of benzene rings is 2. The summed E-state index contributed by atoms with van der Waals surface area (Å²) in [6.45, 7) is 6.56. The van der Waals surface area contributed by atoms with E-state index in [0.29, 0.717) is 23.7 Å². The van der Waals surface area contributed by atoms with Crippen LogP contribution in [0.4, 0.5) is 5.95 Å². The van der Waals surface area contributed by atoms with Gasteiger partial charge in [0.05, 0.1) is 5.69 Å². The van der Waals surface area contributed by atoms with Crippen molar-refractivity contribution in [3.63, 3.8) is 0 Å². The van der Waals surface area contributed by atoms with Crippen LogP contribution in [0.15, 0.2) is 71.6 Å². The van der Waals surface area contributed by atoms with Crippen LogP contribution >= 0.6 is 11.9 Å². The third-order valence-corrected chi connectivity index (χ3v) is 4.95. The van der Waals surface area contributed by atoms with E-state index in [1.807, 2.05) is 66.7 Å². The highest BCUT2D eigenvalue weighted by molar-refractivity contribution is 8.00. The van der Waals surface area contributed by atoms with E-state index in [1.165, 1.54) is 11.9 Å². The van der Waals surface area contributed by atoms with Gasteiger partial charge in [-0.25, -0.2) is 4.98 Å². The summed E-state index contributed by atoms with van der Waals surface area (Å²) in [6, 6.07) is 21.7. The number of ether oxygens (including phenoxy) is 1. The molecular weight excluding hydrogens is 342 g/mol. The Balaban J connectivity index is 1.84. The van der Waals surface area contributed by atoms with Crippen LogP contribution in [0, 0.1) is 5.92 Å². The Morgan fingerprint density at radius 2 is 1.54 bits per heavy atom. The fraction of sp³-hybridized carbons (Fsp3) is 0.238. The summed E-state index contributed by atoms with van der Waals surface area (Å²) in [5.74, 6) is 2.64. The van der Waals surface area contributed by atoms with E-state index < -0.39 is 0 Å². The highest BCUT2D eigenvalue weighted by Gasteiger charge is 2.15. The van der Waals surface area contributed by atoms with Crippen molar-refractivity contribution in [1.29, 1.82) is 0 Å². The molecule has 0 aliphatic carbocycles. The highest BCUT2D eigenvalue weighted by atomic mass is 32.2. The summed E-state index contributed by atoms with van der Waals surface area (Å²) in [5.41, 5.74) is 0.970. The zero-order chi connectivity index (χ0) is 18.4. The average molecular weight is 366 g/mol. The second-order valence-corrected chi connectivity index (χ2v) is 7.30. The van der Waals surface area contributed by atoms with Crippen molar-refractivity contribution in [2.45, 2.75) is 31.6 Å². The number of rotatable bonds is 7. The Morgan fingerprint density at radius 3 is 2.19 bits per heavy atom. The van der Waals surface area contributed by atoms with E-state index in [4.69, 9.17) is 4.74 Å². The fourth-order valence-corrected chi connectivity index (χ4v) is 2.91. The van der Waals surface area contributed by atoms with E-state index in [0.717, 1.165) is 16.3 Å². The van der Waals surface area contributed by atoms with Gasteiger partial charge in [0.25, 0.3) is 0 Å². The number of nitrogens with zero attached hydrogens (tertiary/aromatic N) is 2. The Labute approximate surface area is 159 Å². The van der Waals surface area contributed by atoms with Crippen LogP contribution in [0.1, 0.15) is 32.4 Å². The van der Waals surface area contributed by atoms with Gasteiger partial charge in [0.15, 0.2) is 0 Å². The molecule has 5 heteroatoms. The van der Waals surface area contributed by atoms with E-state index >= 15 is 0 Å². The quantitative estimate of drug-likeness (QED) is 0.509. The van der Waals surface area contributed by atoms with Gasteiger partial charge in [-0.15, -0.1) is 0 Å². The van der Waals surface area contributed by atoms with Crippen molar-refractivity contribution < 1.29 is 4.74 Å². The van der Waals surface area contributed by atoms with E-state index in [9.17, 15) is 0 Å². The van der Waals surface area contributed by atoms with Crippen LogP contribution in [0.25, 0.3) is 0 Å². The zero-order valence-electron chi connectivity index (χ0n) is 15.2. The summed E-state index contributed by atoms with van der Waals surface area (Å²) in [6.07, 6.45) is 0. The summed E-state index contributed by atoms with van der Waals surface area (Å²) in [4.78, 5) is 10.3. The third kappa shape index (κ3) is 4.99. The van der Waals surface area contributed by atoms with Gasteiger partial charge in [-0.05, 0) is 42.1 Å². The van der Waals surface area contributed by atoms with Crippen LogP contribution < -0.4 is 9.46 Å². The summed E-state index contributed by atoms with van der Waals surface area (Å²) in [5, 5.41) is 0. The van der Waals surface area contributed by atoms with Gasteiger partial charge >= 0.3 is 0 Å². The van der Waals surface area contributed by atoms with Crippen molar-refractivity contribution in [2.75, 3.05) is 4.72 Å². The maximum Gasteiger partial charge on any atom is 0.236 e. The van der Waals surface area contributed by atoms with Gasteiger partial charge < -0.3 is 4.74 Å². The minimum absolute atomic E-state index is 0.304. The zero-order valence-corrected chi connectivity index (χ0v) is 16.0. The molecule has 1 aromatic heterocycles. The number of hydrogen-bond donors (Lipinski definition) is 1. The van der Waals surface area contributed by atoms with Crippen LogP contribution in [0.2, 0.25) is 0 Å². The first-order valence-electron chi connectivity index (χ1n) is 8.71. The second kappa shape index (κ2) is 8.72. The molecule has 0 aliphatic heterocycles. The monoisotopic (exact) mass is 365 g/mol. The normalized spacial score (nSPS) is 12.0. The molecule has 0 radical (unpaired) electrons. The number of para-hydroxylation sites is 1. The van der Waals surface area contributed by atoms with Crippen LogP contribution in [0.5, 0.6) is 11.6 Å². The molecule has 1 heterocycles. The fourth-order valence-electron chi connectivity index (χ4n) is 2.32. The minimum atomic E-state index is 0.304. The van der Waals surface area contributed by atoms with Crippen LogP contribution in [0.3, 0.4) is 0 Å². The molecule has 2 aromatic carbocycles. The van der Waals surface area contributed by atoms with Crippen molar-refractivity contribution in [3.05, 3.63) is 72.4 Å². The Bertz CT molecular complexity index is 825. The highest BCUT2D eigenvalue weighted by Crippen LogP contribution is 2.29. The van der Waals surface area contributed by atoms with Gasteiger partial charge in [0.1, 0.15) is 5.75 Å². The molecule has 1 atom stereocenters. The maximum absolute atomic E-state index is 5.94. The third-order valence-electron chi connectivity index (χ3n) is 4.16. The summed E-state index contributed by atoms with van der Waals surface area (Å²) < 4.78 is 9.18. The molecule has 0 saturated heterocycles. The second-order valence-electron chi connectivity index (χ2n) is 6.42. The smallest absolute Gasteiger partial charge is 0.236 e. The molecule has 0 bridgehead atoms. The lowest BCUT2D eigenvalue weighted by Gasteiger charge is -2.17. The summed E-state index contributed by atoms with van der Waals surface area (Å²) in [7, 11) is 0. The minimum Gasteiger partial charge on any atom is -0.439 e. The largest absolute Gasteiger partial charge is 0.439 e. The molecule has 4 nitrogen and oxygen atoms in total. The number of hydrogen-bond acceptors (Lipinski definition) is 5. The van der Waals surface area contributed by atoms with Crippen molar-refractivity contribution >= 4 is 17.9 Å². The molecular formula is C21H23N3OS. The topological polar surface area (TPSA) is 47.0 Å². The molecule has 0 aliphatic rings. The molecule has 1 unspecified atom stereocenters. The molecule has 0 amide bonds. The maximum atomic E-state index is 5.94. The van der Waals surface area contributed by atoms with Crippen molar-refractivity contribution in [3.8, 4) is 11.6 Å². The molecule has 1 N–H and O–H groups in total. The molecule has 26 heavy (non-hydrogen) atoms. The Morgan fingerprint density at radius 1 is 0.885 bits per heavy atom. The lowest BCUT2D eigenvalue weighted by atomic mass is 9.94. The lowest BCUT2D eigenvalue weighted by molar-refractivity contribution is 0.456. The van der Waals surface area contributed by atoms with E-state index in [2.05, 4.69) is 35.5 Å². The summed E-state index contributed by atoms with van der Waals surface area (Å²) >= 11 is 1.49. The average Bonchev–Trinajstić information content (AvgIpc) is 2.67. The number of anilines is 1. The van der Waals surface area contributed by atoms with Gasteiger partial charge in [-0.3, -0.25) is 4.72 Å².